The van der Waals surface area contributed by atoms with E-state index in [2.05, 4.69) is 20.3 Å². The van der Waals surface area contributed by atoms with E-state index in [1.807, 2.05) is 31.1 Å². The molecule has 1 aliphatic carbocycles. The maximum Gasteiger partial charge on any atom is 0.305 e. The number of amides is 2. The highest BCUT2D eigenvalue weighted by Gasteiger charge is 2.25. The van der Waals surface area contributed by atoms with Crippen LogP contribution in [0.2, 0.25) is 5.02 Å². The first kappa shape index (κ1) is 21.7. The minimum absolute atomic E-state index is 0.220. The van der Waals surface area contributed by atoms with Crippen LogP contribution in [0, 0.1) is 0 Å². The van der Waals surface area contributed by atoms with Gasteiger partial charge in [0.05, 0.1) is 6.04 Å². The number of halogens is 1. The fourth-order valence-electron chi connectivity index (χ4n) is 3.72. The number of nitrogens with zero attached hydrogens (tertiary/aromatic N) is 3. The zero-order valence-electron chi connectivity index (χ0n) is 17.4. The third-order valence-corrected chi connectivity index (χ3v) is 6.37. The molecule has 0 radical (unpaired) electrons. The van der Waals surface area contributed by atoms with Gasteiger partial charge in [-0.3, -0.25) is 9.59 Å². The minimum Gasteiger partial charge on any atom is -0.351 e. The van der Waals surface area contributed by atoms with Crippen molar-refractivity contribution in [1.29, 1.82) is 0 Å². The van der Waals surface area contributed by atoms with Gasteiger partial charge in [-0.1, -0.05) is 18.0 Å². The lowest BCUT2D eigenvalue weighted by atomic mass is 9.93. The molecule has 7 nitrogen and oxygen atoms in total. The number of fused-ring (bicyclic) bond motifs is 1. The van der Waals surface area contributed by atoms with E-state index in [9.17, 15) is 9.59 Å². The molecule has 0 aliphatic heterocycles. The van der Waals surface area contributed by atoms with Crippen LogP contribution >= 0.6 is 22.9 Å². The number of nitrogens with one attached hydrogen (secondary N) is 2. The molecule has 2 heterocycles. The average molecular weight is 458 g/mol. The summed E-state index contributed by atoms with van der Waals surface area (Å²) in [6, 6.07) is 6.96. The fraction of sp³-hybridized carbons (Fsp3) is 0.364. The van der Waals surface area contributed by atoms with E-state index < -0.39 is 0 Å². The van der Waals surface area contributed by atoms with Gasteiger partial charge in [0.25, 0.3) is 5.91 Å². The molecule has 162 valence electrons. The predicted molar refractivity (Wildman–Crippen MR) is 124 cm³/mol. The Morgan fingerprint density at radius 2 is 2.16 bits per heavy atom. The van der Waals surface area contributed by atoms with Gasteiger partial charge in [0.2, 0.25) is 0 Å². The van der Waals surface area contributed by atoms with Crippen LogP contribution in [0.25, 0.3) is 10.9 Å². The van der Waals surface area contributed by atoms with Crippen molar-refractivity contribution in [3.63, 3.8) is 0 Å². The molecule has 1 aliphatic rings. The number of H-pyrrole nitrogens is 1. The summed E-state index contributed by atoms with van der Waals surface area (Å²) in [5.74, 6) is -0.562. The molecule has 1 saturated carbocycles. The van der Waals surface area contributed by atoms with Crippen LogP contribution in [0.1, 0.15) is 50.9 Å². The molecule has 1 atom stereocenters. The molecule has 0 spiro atoms. The lowest BCUT2D eigenvalue weighted by Crippen LogP contribution is -2.43. The van der Waals surface area contributed by atoms with Crippen molar-refractivity contribution >= 4 is 51.4 Å². The summed E-state index contributed by atoms with van der Waals surface area (Å²) in [7, 11) is 3.94. The number of hydrogen-bond acceptors (Lipinski definition) is 5. The van der Waals surface area contributed by atoms with Gasteiger partial charge in [0.1, 0.15) is 5.69 Å². The first-order valence-electron chi connectivity index (χ1n) is 10.2. The summed E-state index contributed by atoms with van der Waals surface area (Å²) in [6.07, 6.45) is 5.10. The third kappa shape index (κ3) is 5.20. The number of aromatic nitrogens is 2. The highest BCUT2D eigenvalue weighted by Crippen LogP contribution is 2.22. The Kier molecular flexibility index (Phi) is 6.50. The minimum atomic E-state index is -0.341. The molecular formula is C22H24ClN5O2S. The number of carbonyl (C=O) groups is 2. The highest BCUT2D eigenvalue weighted by atomic mass is 35.5. The molecule has 0 unspecified atom stereocenters. The van der Waals surface area contributed by atoms with Crippen molar-refractivity contribution in [3.8, 4) is 0 Å². The van der Waals surface area contributed by atoms with Crippen molar-refractivity contribution in [2.24, 2.45) is 4.99 Å². The number of aliphatic imine (C=N–C) groups is 1. The van der Waals surface area contributed by atoms with Gasteiger partial charge in [0.15, 0.2) is 5.01 Å². The molecule has 0 saturated heterocycles. The number of hydrogen-bond donors (Lipinski definition) is 2. The van der Waals surface area contributed by atoms with Crippen molar-refractivity contribution < 1.29 is 9.59 Å². The maximum atomic E-state index is 12.8. The van der Waals surface area contributed by atoms with E-state index >= 15 is 0 Å². The Bertz CT molecular complexity index is 1150. The number of benzene rings is 1. The van der Waals surface area contributed by atoms with Gasteiger partial charge >= 0.3 is 5.91 Å². The van der Waals surface area contributed by atoms with E-state index in [1.54, 1.807) is 18.3 Å². The van der Waals surface area contributed by atoms with Crippen LogP contribution in [0.3, 0.4) is 0 Å². The molecule has 3 aromatic rings. The van der Waals surface area contributed by atoms with E-state index in [0.29, 0.717) is 27.9 Å². The molecule has 1 aromatic carbocycles. The Labute approximate surface area is 189 Å². The van der Waals surface area contributed by atoms with Gasteiger partial charge in [-0.2, -0.15) is 0 Å². The second-order valence-electron chi connectivity index (χ2n) is 7.96. The van der Waals surface area contributed by atoms with Gasteiger partial charge < -0.3 is 15.2 Å². The monoisotopic (exact) mass is 457 g/mol. The molecule has 2 N–H and O–H groups in total. The Balaban J connectivity index is 1.49. The summed E-state index contributed by atoms with van der Waals surface area (Å²) in [5, 5.41) is 4.92. The quantitative estimate of drug-likeness (QED) is 0.597. The van der Waals surface area contributed by atoms with Gasteiger partial charge in [-0.25, -0.2) is 9.98 Å². The van der Waals surface area contributed by atoms with Gasteiger partial charge in [-0.15, -0.1) is 11.3 Å². The fourth-order valence-corrected chi connectivity index (χ4v) is 4.81. The van der Waals surface area contributed by atoms with Crippen molar-refractivity contribution in [1.82, 2.24) is 20.2 Å². The molecule has 0 bridgehead atoms. The van der Waals surface area contributed by atoms with Gasteiger partial charge in [0, 0.05) is 39.3 Å². The summed E-state index contributed by atoms with van der Waals surface area (Å²) in [4.78, 5) is 40.3. The smallest absolute Gasteiger partial charge is 0.305 e. The standard InChI is InChI=1S/C22H24ClN5O2S/c1-28(2)12-15-11-24-22(31-15)21(30)27-18-6-4-3-5-17(18)26-20(29)19-10-13-9-14(23)7-8-16(13)25-19/h7-11,17,25H,3-6,12H2,1-2H3,(H,26,29)/t17-/m0/s1. The summed E-state index contributed by atoms with van der Waals surface area (Å²) < 4.78 is 0. The molecule has 4 rings (SSSR count). The van der Waals surface area contributed by atoms with Crippen LogP contribution in [0.4, 0.5) is 0 Å². The normalized spacial score (nSPS) is 18.1. The first-order valence-corrected chi connectivity index (χ1v) is 11.4. The van der Waals surface area contributed by atoms with E-state index in [-0.39, 0.29) is 17.9 Å². The Morgan fingerprint density at radius 3 is 2.97 bits per heavy atom. The zero-order valence-corrected chi connectivity index (χ0v) is 19.0. The Morgan fingerprint density at radius 1 is 1.32 bits per heavy atom. The maximum absolute atomic E-state index is 12.8. The summed E-state index contributed by atoms with van der Waals surface area (Å²) in [5.41, 5.74) is 2.02. The van der Waals surface area contributed by atoms with Gasteiger partial charge in [-0.05, 0) is 57.6 Å². The number of rotatable bonds is 5. The highest BCUT2D eigenvalue weighted by molar-refractivity contribution is 7.13. The molecule has 31 heavy (non-hydrogen) atoms. The molecule has 9 heteroatoms. The summed E-state index contributed by atoms with van der Waals surface area (Å²) in [6.45, 7) is 0.732. The second-order valence-corrected chi connectivity index (χ2v) is 9.52. The zero-order chi connectivity index (χ0) is 22.0. The predicted octanol–water partition coefficient (Wildman–Crippen LogP) is 4.29. The van der Waals surface area contributed by atoms with Crippen LogP contribution in [0.15, 0.2) is 35.5 Å². The van der Waals surface area contributed by atoms with Crippen LogP contribution < -0.4 is 5.32 Å². The van der Waals surface area contributed by atoms with E-state index in [1.165, 1.54) is 11.3 Å². The van der Waals surface area contributed by atoms with E-state index in [4.69, 9.17) is 11.6 Å². The molecule has 2 amide bonds. The SMILES string of the molecule is CN(C)Cc1cnc(C(=O)N=C2CCCC[C@@H]2NC(=O)c2cc3cc(Cl)ccc3[nH]2)s1. The Hall–Kier alpha value is -2.55. The van der Waals surface area contributed by atoms with E-state index in [0.717, 1.165) is 41.6 Å². The van der Waals surface area contributed by atoms with Crippen LogP contribution in [0.5, 0.6) is 0 Å². The lowest BCUT2D eigenvalue weighted by molar-refractivity contribution is 0.0935. The van der Waals surface area contributed by atoms with Crippen molar-refractivity contribution in [3.05, 3.63) is 51.1 Å². The lowest BCUT2D eigenvalue weighted by Gasteiger charge is -2.24. The third-order valence-electron chi connectivity index (χ3n) is 5.16. The average Bonchev–Trinajstić information content (AvgIpc) is 3.35. The topological polar surface area (TPSA) is 90.4 Å². The number of thiazole rings is 1. The largest absolute Gasteiger partial charge is 0.351 e. The number of carbonyl (C=O) groups excluding carboxylic acids is 2. The molecular weight excluding hydrogens is 434 g/mol. The first-order chi connectivity index (χ1) is 14.9. The van der Waals surface area contributed by atoms with Crippen LogP contribution in [-0.2, 0) is 6.54 Å². The molecule has 2 aromatic heterocycles. The van der Waals surface area contributed by atoms with Crippen molar-refractivity contribution in [2.45, 2.75) is 38.3 Å². The second kappa shape index (κ2) is 9.30. The summed E-state index contributed by atoms with van der Waals surface area (Å²) >= 11 is 7.40. The van der Waals surface area contributed by atoms with Crippen molar-refractivity contribution in [2.75, 3.05) is 14.1 Å². The molecule has 1 fully saturated rings. The number of aromatic amines is 1. The van der Waals surface area contributed by atoms with Crippen LogP contribution in [-0.4, -0.2) is 52.5 Å².